The fourth-order valence-electron chi connectivity index (χ4n) is 2.89. The van der Waals surface area contributed by atoms with Crippen molar-refractivity contribution in [2.75, 3.05) is 5.09 Å². The second kappa shape index (κ2) is 7.32. The van der Waals surface area contributed by atoms with Gasteiger partial charge >= 0.3 is 5.97 Å². The summed E-state index contributed by atoms with van der Waals surface area (Å²) in [5.41, 5.74) is 0.941. The highest BCUT2D eigenvalue weighted by atomic mass is 31.2. The molecule has 3 aromatic rings. The van der Waals surface area contributed by atoms with E-state index < -0.39 is 19.1 Å². The monoisotopic (exact) mass is 369 g/mol. The first kappa shape index (κ1) is 18.2. The fraction of sp³-hybridized carbons (Fsp3) is 0.150. The van der Waals surface area contributed by atoms with E-state index in [1.807, 2.05) is 42.5 Å². The fourth-order valence-corrected chi connectivity index (χ4v) is 4.21. The van der Waals surface area contributed by atoms with Crippen LogP contribution in [-0.4, -0.2) is 16.0 Å². The lowest BCUT2D eigenvalue weighted by Crippen LogP contribution is -2.08. The van der Waals surface area contributed by atoms with Crippen molar-refractivity contribution in [1.29, 1.82) is 0 Å². The Morgan fingerprint density at radius 1 is 1.04 bits per heavy atom. The van der Waals surface area contributed by atoms with Gasteiger partial charge in [-0.1, -0.05) is 60.7 Å². The third kappa shape index (κ3) is 3.96. The smallest absolute Gasteiger partial charge is 0.307 e. The van der Waals surface area contributed by atoms with Crippen molar-refractivity contribution in [2.45, 2.75) is 19.0 Å². The van der Waals surface area contributed by atoms with Crippen molar-refractivity contribution in [2.24, 2.45) is 0 Å². The average molecular weight is 369 g/mol. The Kier molecular flexibility index (Phi) is 5.12. The minimum Gasteiger partial charge on any atom is -0.481 e. The second-order valence-corrected chi connectivity index (χ2v) is 8.49. The van der Waals surface area contributed by atoms with Crippen LogP contribution < -0.4 is 5.09 Å². The molecule has 134 valence electrons. The number of hydrogen-bond donors (Lipinski definition) is 3. The van der Waals surface area contributed by atoms with Crippen molar-refractivity contribution in [3.05, 3.63) is 77.9 Å². The molecule has 3 N–H and O–H groups in total. The number of aliphatic carboxylic acids is 1. The molecular formula is C20H20NO4P. The molecular weight excluding hydrogens is 349 g/mol. The number of carboxylic acids is 1. The first-order chi connectivity index (χ1) is 12.4. The van der Waals surface area contributed by atoms with Crippen molar-refractivity contribution in [1.82, 2.24) is 0 Å². The van der Waals surface area contributed by atoms with Crippen LogP contribution in [0.3, 0.4) is 0 Å². The lowest BCUT2D eigenvalue weighted by molar-refractivity contribution is -0.136. The second-order valence-electron chi connectivity index (χ2n) is 6.24. The van der Waals surface area contributed by atoms with Crippen molar-refractivity contribution < 1.29 is 19.4 Å². The molecule has 0 heterocycles. The highest BCUT2D eigenvalue weighted by Gasteiger charge is 2.29. The maximum absolute atomic E-state index is 13.0. The van der Waals surface area contributed by atoms with Gasteiger partial charge in [0, 0.05) is 5.69 Å². The van der Waals surface area contributed by atoms with E-state index in [1.54, 1.807) is 31.2 Å². The largest absolute Gasteiger partial charge is 0.481 e. The van der Waals surface area contributed by atoms with Gasteiger partial charge in [0.25, 0.3) is 7.52 Å². The predicted molar refractivity (Wildman–Crippen MR) is 104 cm³/mol. The van der Waals surface area contributed by atoms with Gasteiger partial charge in [0.15, 0.2) is 0 Å². The summed E-state index contributed by atoms with van der Waals surface area (Å²) in [6.45, 7) is 1.69. The van der Waals surface area contributed by atoms with Gasteiger partial charge in [0.05, 0.1) is 12.1 Å². The van der Waals surface area contributed by atoms with Crippen molar-refractivity contribution >= 4 is 29.9 Å². The maximum Gasteiger partial charge on any atom is 0.307 e. The van der Waals surface area contributed by atoms with Crippen LogP contribution in [0.2, 0.25) is 0 Å². The minimum atomic E-state index is -3.82. The number of carboxylic acid groups (broad SMARTS) is 1. The molecule has 6 heteroatoms. The van der Waals surface area contributed by atoms with E-state index in [1.165, 1.54) is 0 Å². The van der Waals surface area contributed by atoms with Gasteiger partial charge in [0.2, 0.25) is 0 Å². The molecule has 0 saturated heterocycles. The Bertz CT molecular complexity index is 1000. The van der Waals surface area contributed by atoms with Crippen molar-refractivity contribution in [3.8, 4) is 0 Å². The Morgan fingerprint density at radius 2 is 1.69 bits per heavy atom. The number of para-hydroxylation sites is 1. The molecule has 0 aliphatic carbocycles. The minimum absolute atomic E-state index is 0.215. The highest BCUT2D eigenvalue weighted by molar-refractivity contribution is 7.59. The van der Waals surface area contributed by atoms with Gasteiger partial charge in [-0.25, -0.2) is 0 Å². The predicted octanol–water partition coefficient (Wildman–Crippen LogP) is 4.83. The summed E-state index contributed by atoms with van der Waals surface area (Å²) in [4.78, 5) is 21.6. The SMILES string of the molecule is CC(c1ccc2ccccc2c1)P(=O)(O)Nc1ccccc1CC(=O)O. The molecule has 0 radical (unpaired) electrons. The molecule has 0 aromatic heterocycles. The third-order valence-corrected chi connectivity index (χ3v) is 6.33. The first-order valence-corrected chi connectivity index (χ1v) is 9.99. The van der Waals surface area contributed by atoms with Crippen molar-refractivity contribution in [3.63, 3.8) is 0 Å². The zero-order chi connectivity index (χ0) is 18.7. The summed E-state index contributed by atoms with van der Waals surface area (Å²) in [6.07, 6.45) is -0.215. The van der Waals surface area contributed by atoms with Gasteiger partial charge < -0.3 is 15.1 Å². The van der Waals surface area contributed by atoms with Crippen LogP contribution >= 0.6 is 7.52 Å². The van der Waals surface area contributed by atoms with E-state index in [4.69, 9.17) is 5.11 Å². The number of benzene rings is 3. The number of hydrogen-bond acceptors (Lipinski definition) is 2. The van der Waals surface area contributed by atoms with Crippen LogP contribution in [0.4, 0.5) is 5.69 Å². The summed E-state index contributed by atoms with van der Waals surface area (Å²) in [5.74, 6) is -0.991. The topological polar surface area (TPSA) is 86.6 Å². The van der Waals surface area contributed by atoms with Crippen LogP contribution in [0.5, 0.6) is 0 Å². The summed E-state index contributed by atoms with van der Waals surface area (Å²) >= 11 is 0. The third-order valence-electron chi connectivity index (χ3n) is 4.42. The zero-order valence-corrected chi connectivity index (χ0v) is 15.2. The number of fused-ring (bicyclic) bond motifs is 1. The van der Waals surface area contributed by atoms with E-state index >= 15 is 0 Å². The van der Waals surface area contributed by atoms with Crippen LogP contribution in [0.15, 0.2) is 66.7 Å². The molecule has 2 unspecified atom stereocenters. The Hall–Kier alpha value is -2.62. The van der Waals surface area contributed by atoms with E-state index in [9.17, 15) is 14.3 Å². The molecule has 3 aromatic carbocycles. The normalized spacial score (nSPS) is 14.5. The number of carbonyl (C=O) groups is 1. The number of anilines is 1. The van der Waals surface area contributed by atoms with E-state index in [2.05, 4.69) is 5.09 Å². The summed E-state index contributed by atoms with van der Waals surface area (Å²) < 4.78 is 13.0. The standard InChI is InChI=1S/C20H20NO4P/c1-14(16-11-10-15-6-2-3-7-17(15)12-16)26(24,25)21-19-9-5-4-8-18(19)13-20(22)23/h2-12,14H,13H2,1H3,(H,22,23)(H2,21,24,25). The molecule has 0 aliphatic rings. The van der Waals surface area contributed by atoms with E-state index in [0.717, 1.165) is 16.3 Å². The highest BCUT2D eigenvalue weighted by Crippen LogP contribution is 2.55. The molecule has 3 rings (SSSR count). The Balaban J connectivity index is 1.89. The summed E-state index contributed by atoms with van der Waals surface area (Å²) in [5, 5.41) is 13.8. The van der Waals surface area contributed by atoms with Gasteiger partial charge in [-0.05, 0) is 34.9 Å². The molecule has 0 amide bonds. The van der Waals surface area contributed by atoms with Gasteiger partial charge in [-0.3, -0.25) is 9.36 Å². The first-order valence-electron chi connectivity index (χ1n) is 8.26. The summed E-state index contributed by atoms with van der Waals surface area (Å²) in [6, 6.07) is 20.2. The van der Waals surface area contributed by atoms with Crippen LogP contribution in [0.25, 0.3) is 10.8 Å². The quantitative estimate of drug-likeness (QED) is 0.542. The Labute approximate surface area is 151 Å². The number of nitrogens with one attached hydrogen (secondary N) is 1. The molecule has 5 nitrogen and oxygen atoms in total. The van der Waals surface area contributed by atoms with Crippen LogP contribution in [0.1, 0.15) is 23.7 Å². The molecule has 26 heavy (non-hydrogen) atoms. The zero-order valence-electron chi connectivity index (χ0n) is 14.3. The van der Waals surface area contributed by atoms with Gasteiger partial charge in [0.1, 0.15) is 0 Å². The molecule has 0 bridgehead atoms. The van der Waals surface area contributed by atoms with Crippen LogP contribution in [-0.2, 0) is 15.8 Å². The van der Waals surface area contributed by atoms with E-state index in [0.29, 0.717) is 11.3 Å². The Morgan fingerprint density at radius 3 is 2.42 bits per heavy atom. The molecule has 0 aliphatic heterocycles. The molecule has 2 atom stereocenters. The van der Waals surface area contributed by atoms with Crippen LogP contribution in [0, 0.1) is 0 Å². The van der Waals surface area contributed by atoms with Gasteiger partial charge in [-0.2, -0.15) is 0 Å². The molecule has 0 spiro atoms. The molecule has 0 saturated carbocycles. The lowest BCUT2D eigenvalue weighted by atomic mass is 10.1. The lowest BCUT2D eigenvalue weighted by Gasteiger charge is -2.23. The maximum atomic E-state index is 13.0. The average Bonchev–Trinajstić information content (AvgIpc) is 2.61. The van der Waals surface area contributed by atoms with E-state index in [-0.39, 0.29) is 6.42 Å². The summed E-state index contributed by atoms with van der Waals surface area (Å²) in [7, 11) is -3.82. The number of rotatable bonds is 6. The molecule has 0 fully saturated rings. The van der Waals surface area contributed by atoms with Gasteiger partial charge in [-0.15, -0.1) is 0 Å².